The number of anilines is 1. The predicted octanol–water partition coefficient (Wildman–Crippen LogP) is 3.27. The Bertz CT molecular complexity index is 584. The molecule has 0 spiro atoms. The Kier molecular flexibility index (Phi) is 6.42. The minimum absolute atomic E-state index is 0.0399. The van der Waals surface area contributed by atoms with E-state index in [9.17, 15) is 4.79 Å². The molecule has 0 radical (unpaired) electrons. The summed E-state index contributed by atoms with van der Waals surface area (Å²) in [6.45, 7) is 3.61. The van der Waals surface area contributed by atoms with Crippen molar-refractivity contribution < 1.29 is 4.79 Å². The summed E-state index contributed by atoms with van der Waals surface area (Å²) in [5.41, 5.74) is 1.93. The molecule has 4 heteroatoms. The number of aromatic nitrogens is 1. The molecule has 0 aliphatic carbocycles. The van der Waals surface area contributed by atoms with Gasteiger partial charge in [0.2, 0.25) is 0 Å². The summed E-state index contributed by atoms with van der Waals surface area (Å²) in [7, 11) is 0. The highest BCUT2D eigenvalue weighted by atomic mass is 16.1. The molecule has 2 N–H and O–H groups in total. The highest BCUT2D eigenvalue weighted by Crippen LogP contribution is 2.07. The van der Waals surface area contributed by atoms with Gasteiger partial charge in [0.1, 0.15) is 5.82 Å². The largest absolute Gasteiger partial charge is 0.370 e. The third kappa shape index (κ3) is 5.20. The van der Waals surface area contributed by atoms with Crippen LogP contribution >= 0.6 is 0 Å². The standard InChI is InChI=1S/C18H23N3O/c1-2-3-11-21-18(22)16-10-13-20-17(14-16)19-12-9-15-7-5-4-6-8-15/h4-8,10,13-14H,2-3,9,11-12H2,1H3,(H,19,20)(H,21,22). The SMILES string of the molecule is CCCCNC(=O)c1ccnc(NCCc2ccccc2)c1. The van der Waals surface area contributed by atoms with Gasteiger partial charge in [-0.25, -0.2) is 4.98 Å². The summed E-state index contributed by atoms with van der Waals surface area (Å²) in [6, 6.07) is 13.8. The van der Waals surface area contributed by atoms with E-state index in [1.165, 1.54) is 5.56 Å². The predicted molar refractivity (Wildman–Crippen MR) is 90.1 cm³/mol. The third-order valence-electron chi connectivity index (χ3n) is 3.40. The number of unbranched alkanes of at least 4 members (excludes halogenated alkanes) is 1. The summed E-state index contributed by atoms with van der Waals surface area (Å²) >= 11 is 0. The van der Waals surface area contributed by atoms with Crippen molar-refractivity contribution in [2.75, 3.05) is 18.4 Å². The van der Waals surface area contributed by atoms with E-state index in [1.807, 2.05) is 18.2 Å². The molecule has 0 saturated heterocycles. The Hall–Kier alpha value is -2.36. The molecule has 0 aliphatic rings. The molecule has 1 aromatic heterocycles. The number of benzene rings is 1. The molecular weight excluding hydrogens is 274 g/mol. The van der Waals surface area contributed by atoms with Crippen LogP contribution in [-0.2, 0) is 6.42 Å². The fraction of sp³-hybridized carbons (Fsp3) is 0.333. The minimum atomic E-state index is -0.0399. The normalized spacial score (nSPS) is 10.2. The fourth-order valence-corrected chi connectivity index (χ4v) is 2.13. The summed E-state index contributed by atoms with van der Waals surface area (Å²) < 4.78 is 0. The van der Waals surface area contributed by atoms with Gasteiger partial charge in [-0.15, -0.1) is 0 Å². The van der Waals surface area contributed by atoms with Crippen molar-refractivity contribution in [3.8, 4) is 0 Å². The second-order valence-electron chi connectivity index (χ2n) is 5.20. The Balaban J connectivity index is 1.84. The van der Waals surface area contributed by atoms with E-state index < -0.39 is 0 Å². The van der Waals surface area contributed by atoms with E-state index in [0.717, 1.165) is 31.6 Å². The lowest BCUT2D eigenvalue weighted by Gasteiger charge is -2.08. The van der Waals surface area contributed by atoms with Crippen LogP contribution in [0.2, 0.25) is 0 Å². The molecular formula is C18H23N3O. The van der Waals surface area contributed by atoms with E-state index in [4.69, 9.17) is 0 Å². The second kappa shape index (κ2) is 8.82. The maximum atomic E-state index is 12.0. The van der Waals surface area contributed by atoms with Crippen molar-refractivity contribution in [2.24, 2.45) is 0 Å². The fourth-order valence-electron chi connectivity index (χ4n) is 2.13. The number of hydrogen-bond donors (Lipinski definition) is 2. The summed E-state index contributed by atoms with van der Waals surface area (Å²) in [4.78, 5) is 16.3. The van der Waals surface area contributed by atoms with Crippen LogP contribution in [0.1, 0.15) is 35.7 Å². The number of nitrogens with one attached hydrogen (secondary N) is 2. The van der Waals surface area contributed by atoms with Gasteiger partial charge in [0, 0.05) is 24.8 Å². The lowest BCUT2D eigenvalue weighted by Crippen LogP contribution is -2.24. The van der Waals surface area contributed by atoms with Gasteiger partial charge in [0.15, 0.2) is 0 Å². The van der Waals surface area contributed by atoms with Crippen molar-refractivity contribution in [3.63, 3.8) is 0 Å². The number of carbonyl (C=O) groups is 1. The smallest absolute Gasteiger partial charge is 0.251 e. The molecule has 1 aromatic carbocycles. The first-order chi connectivity index (χ1) is 10.8. The molecule has 1 heterocycles. The number of carbonyl (C=O) groups excluding carboxylic acids is 1. The van der Waals surface area contributed by atoms with Crippen LogP contribution in [0, 0.1) is 0 Å². The molecule has 2 aromatic rings. The lowest BCUT2D eigenvalue weighted by atomic mass is 10.1. The zero-order valence-corrected chi connectivity index (χ0v) is 13.0. The Morgan fingerprint density at radius 3 is 2.73 bits per heavy atom. The number of nitrogens with zero attached hydrogens (tertiary/aromatic N) is 1. The molecule has 22 heavy (non-hydrogen) atoms. The number of pyridine rings is 1. The maximum Gasteiger partial charge on any atom is 0.251 e. The van der Waals surface area contributed by atoms with Gasteiger partial charge in [-0.1, -0.05) is 43.7 Å². The zero-order chi connectivity index (χ0) is 15.6. The number of rotatable bonds is 8. The van der Waals surface area contributed by atoms with E-state index >= 15 is 0 Å². The topological polar surface area (TPSA) is 54.0 Å². The Morgan fingerprint density at radius 2 is 1.95 bits per heavy atom. The van der Waals surface area contributed by atoms with Crippen LogP contribution in [0.15, 0.2) is 48.7 Å². The molecule has 0 atom stereocenters. The van der Waals surface area contributed by atoms with Crippen LogP contribution in [0.5, 0.6) is 0 Å². The molecule has 0 unspecified atom stereocenters. The quantitative estimate of drug-likeness (QED) is 0.735. The molecule has 0 saturated carbocycles. The van der Waals surface area contributed by atoms with Crippen LogP contribution < -0.4 is 10.6 Å². The van der Waals surface area contributed by atoms with Gasteiger partial charge in [-0.3, -0.25) is 4.79 Å². The summed E-state index contributed by atoms with van der Waals surface area (Å²) in [5, 5.41) is 6.18. The average molecular weight is 297 g/mol. The van der Waals surface area contributed by atoms with Crippen molar-refractivity contribution in [3.05, 3.63) is 59.8 Å². The van der Waals surface area contributed by atoms with Gasteiger partial charge in [-0.2, -0.15) is 0 Å². The van der Waals surface area contributed by atoms with Gasteiger partial charge in [0.25, 0.3) is 5.91 Å². The van der Waals surface area contributed by atoms with Crippen molar-refractivity contribution in [1.29, 1.82) is 0 Å². The zero-order valence-electron chi connectivity index (χ0n) is 13.0. The van der Waals surface area contributed by atoms with E-state index in [0.29, 0.717) is 12.1 Å². The van der Waals surface area contributed by atoms with Gasteiger partial charge >= 0.3 is 0 Å². The van der Waals surface area contributed by atoms with Crippen molar-refractivity contribution >= 4 is 11.7 Å². The van der Waals surface area contributed by atoms with E-state index in [2.05, 4.69) is 34.7 Å². The first-order valence-corrected chi connectivity index (χ1v) is 7.81. The van der Waals surface area contributed by atoms with Crippen molar-refractivity contribution in [2.45, 2.75) is 26.2 Å². The summed E-state index contributed by atoms with van der Waals surface area (Å²) in [5.74, 6) is 0.695. The van der Waals surface area contributed by atoms with Gasteiger partial charge < -0.3 is 10.6 Å². The van der Waals surface area contributed by atoms with Crippen LogP contribution in [0.4, 0.5) is 5.82 Å². The maximum absolute atomic E-state index is 12.0. The monoisotopic (exact) mass is 297 g/mol. The highest BCUT2D eigenvalue weighted by Gasteiger charge is 2.05. The first kappa shape index (κ1) is 16.0. The molecule has 4 nitrogen and oxygen atoms in total. The van der Waals surface area contributed by atoms with E-state index in [-0.39, 0.29) is 5.91 Å². The van der Waals surface area contributed by atoms with Crippen LogP contribution in [0.3, 0.4) is 0 Å². The van der Waals surface area contributed by atoms with Crippen LogP contribution in [-0.4, -0.2) is 24.0 Å². The number of amides is 1. The third-order valence-corrected chi connectivity index (χ3v) is 3.40. The first-order valence-electron chi connectivity index (χ1n) is 7.81. The molecule has 2 rings (SSSR count). The van der Waals surface area contributed by atoms with Crippen LogP contribution in [0.25, 0.3) is 0 Å². The molecule has 0 aliphatic heterocycles. The molecule has 0 bridgehead atoms. The van der Waals surface area contributed by atoms with E-state index in [1.54, 1.807) is 18.3 Å². The second-order valence-corrected chi connectivity index (χ2v) is 5.20. The van der Waals surface area contributed by atoms with Crippen molar-refractivity contribution in [1.82, 2.24) is 10.3 Å². The summed E-state index contributed by atoms with van der Waals surface area (Å²) in [6.07, 6.45) is 4.66. The highest BCUT2D eigenvalue weighted by molar-refractivity contribution is 5.94. The minimum Gasteiger partial charge on any atom is -0.370 e. The van der Waals surface area contributed by atoms with Gasteiger partial charge in [0.05, 0.1) is 0 Å². The molecule has 1 amide bonds. The molecule has 0 fully saturated rings. The van der Waals surface area contributed by atoms with Gasteiger partial charge in [-0.05, 0) is 30.5 Å². The lowest BCUT2D eigenvalue weighted by molar-refractivity contribution is 0.0953. The Morgan fingerprint density at radius 1 is 1.14 bits per heavy atom. The number of hydrogen-bond acceptors (Lipinski definition) is 3. The Labute approximate surface area is 132 Å². The molecule has 116 valence electrons. The average Bonchev–Trinajstić information content (AvgIpc) is 2.56.